The zero-order valence-electron chi connectivity index (χ0n) is 14.9. The third-order valence-corrected chi connectivity index (χ3v) is 4.96. The lowest BCUT2D eigenvalue weighted by atomic mass is 10.2. The van der Waals surface area contributed by atoms with Crippen LogP contribution in [0.15, 0.2) is 72.8 Å². The Morgan fingerprint density at radius 2 is 1.63 bits per heavy atom. The van der Waals surface area contributed by atoms with Crippen molar-refractivity contribution in [1.82, 2.24) is 19.8 Å². The summed E-state index contributed by atoms with van der Waals surface area (Å²) in [6.07, 6.45) is 1.09. The molecule has 1 fully saturated rings. The first-order chi connectivity index (χ1) is 13.4. The molecule has 1 aliphatic rings. The number of benzene rings is 2. The number of rotatable bonds is 4. The molecular weight excluding hydrogens is 336 g/mol. The molecule has 6 nitrogen and oxygen atoms in total. The highest BCUT2D eigenvalue weighted by atomic mass is 15.4. The molecular formula is C21H20N6. The van der Waals surface area contributed by atoms with Crippen LogP contribution in [-0.2, 0) is 0 Å². The van der Waals surface area contributed by atoms with E-state index in [2.05, 4.69) is 50.7 Å². The molecule has 0 spiro atoms. The predicted molar refractivity (Wildman–Crippen MR) is 107 cm³/mol. The van der Waals surface area contributed by atoms with Gasteiger partial charge in [0.1, 0.15) is 5.82 Å². The molecule has 4 aromatic rings. The van der Waals surface area contributed by atoms with E-state index < -0.39 is 0 Å². The van der Waals surface area contributed by atoms with Crippen LogP contribution in [0.25, 0.3) is 17.0 Å². The number of nitrogens with zero attached hydrogens (tertiary/aromatic N) is 5. The number of hydrogen-bond acceptors (Lipinski definition) is 5. The fourth-order valence-corrected chi connectivity index (χ4v) is 3.59. The van der Waals surface area contributed by atoms with E-state index in [0.717, 1.165) is 42.4 Å². The van der Waals surface area contributed by atoms with Gasteiger partial charge in [-0.05, 0) is 30.7 Å². The van der Waals surface area contributed by atoms with Gasteiger partial charge in [-0.2, -0.15) is 4.52 Å². The van der Waals surface area contributed by atoms with Gasteiger partial charge in [0.15, 0.2) is 11.5 Å². The van der Waals surface area contributed by atoms with Gasteiger partial charge in [0.25, 0.3) is 0 Å². The molecule has 3 heterocycles. The second kappa shape index (κ2) is 6.72. The van der Waals surface area contributed by atoms with E-state index >= 15 is 0 Å². The molecule has 1 N–H and O–H groups in total. The van der Waals surface area contributed by atoms with Crippen LogP contribution in [0.1, 0.15) is 6.42 Å². The summed E-state index contributed by atoms with van der Waals surface area (Å²) >= 11 is 0. The Kier molecular flexibility index (Phi) is 3.93. The maximum Gasteiger partial charge on any atom is 0.185 e. The zero-order chi connectivity index (χ0) is 18.1. The maximum absolute atomic E-state index is 4.73. The first-order valence-electron chi connectivity index (χ1n) is 9.21. The molecule has 2 aromatic heterocycles. The normalized spacial score (nSPS) is 16.7. The Balaban J connectivity index is 1.37. The second-order valence-corrected chi connectivity index (χ2v) is 6.79. The molecule has 1 aliphatic heterocycles. The number of aromatic nitrogens is 4. The standard InChI is InChI=1S/C21H20N6/c1-3-7-16(8-4-1)21-24-23-20-12-11-19(25-27(20)21)22-17-13-14-26(15-17)18-9-5-2-6-10-18/h1-12,17H,13-15H2,(H,22,25). The molecule has 134 valence electrons. The molecule has 6 heteroatoms. The number of para-hydroxylation sites is 1. The first-order valence-corrected chi connectivity index (χ1v) is 9.21. The van der Waals surface area contributed by atoms with Crippen LogP contribution in [0.4, 0.5) is 11.5 Å². The number of nitrogens with one attached hydrogen (secondary N) is 1. The molecule has 1 saturated heterocycles. The van der Waals surface area contributed by atoms with E-state index in [4.69, 9.17) is 5.10 Å². The van der Waals surface area contributed by atoms with Crippen LogP contribution in [0.3, 0.4) is 0 Å². The quantitative estimate of drug-likeness (QED) is 0.607. The average molecular weight is 356 g/mol. The average Bonchev–Trinajstić information content (AvgIpc) is 3.36. The van der Waals surface area contributed by atoms with Crippen LogP contribution in [0, 0.1) is 0 Å². The molecule has 0 aliphatic carbocycles. The SMILES string of the molecule is c1ccc(-c2nnc3ccc(NC4CCN(c5ccccc5)C4)nn23)cc1. The minimum Gasteiger partial charge on any atom is -0.369 e. The molecule has 1 unspecified atom stereocenters. The van der Waals surface area contributed by atoms with Gasteiger partial charge < -0.3 is 10.2 Å². The van der Waals surface area contributed by atoms with Gasteiger partial charge in [0.05, 0.1) is 0 Å². The second-order valence-electron chi connectivity index (χ2n) is 6.79. The van der Waals surface area contributed by atoms with E-state index in [1.54, 1.807) is 0 Å². The number of anilines is 2. The molecule has 2 aromatic carbocycles. The highest BCUT2D eigenvalue weighted by Gasteiger charge is 2.23. The minimum atomic E-state index is 0.367. The molecule has 27 heavy (non-hydrogen) atoms. The van der Waals surface area contributed by atoms with Gasteiger partial charge in [0.2, 0.25) is 0 Å². The lowest BCUT2D eigenvalue weighted by molar-refractivity contribution is 0.789. The summed E-state index contributed by atoms with van der Waals surface area (Å²) in [6.45, 7) is 2.02. The Labute approximate surface area is 157 Å². The molecule has 0 saturated carbocycles. The predicted octanol–water partition coefficient (Wildman–Crippen LogP) is 3.48. The smallest absolute Gasteiger partial charge is 0.185 e. The largest absolute Gasteiger partial charge is 0.369 e. The topological polar surface area (TPSA) is 58.4 Å². The van der Waals surface area contributed by atoms with Crippen molar-refractivity contribution >= 4 is 17.2 Å². The van der Waals surface area contributed by atoms with Crippen molar-refractivity contribution in [1.29, 1.82) is 0 Å². The molecule has 0 radical (unpaired) electrons. The van der Waals surface area contributed by atoms with Crippen LogP contribution in [0.5, 0.6) is 0 Å². The Hall–Kier alpha value is -3.41. The summed E-state index contributed by atoms with van der Waals surface area (Å²) in [5, 5.41) is 16.8. The van der Waals surface area contributed by atoms with Crippen molar-refractivity contribution < 1.29 is 0 Å². The highest BCUT2D eigenvalue weighted by molar-refractivity contribution is 5.59. The summed E-state index contributed by atoms with van der Waals surface area (Å²) in [5.41, 5.74) is 3.03. The van der Waals surface area contributed by atoms with Crippen LogP contribution < -0.4 is 10.2 Å². The summed E-state index contributed by atoms with van der Waals surface area (Å²) < 4.78 is 1.81. The minimum absolute atomic E-state index is 0.367. The Morgan fingerprint density at radius 1 is 0.852 bits per heavy atom. The van der Waals surface area contributed by atoms with E-state index in [1.807, 2.05) is 47.0 Å². The first kappa shape index (κ1) is 15.8. The lowest BCUT2D eigenvalue weighted by Crippen LogP contribution is -2.26. The van der Waals surface area contributed by atoms with Crippen LogP contribution in [0.2, 0.25) is 0 Å². The van der Waals surface area contributed by atoms with Crippen LogP contribution >= 0.6 is 0 Å². The summed E-state index contributed by atoms with van der Waals surface area (Å²) in [5.74, 6) is 1.60. The molecule has 0 amide bonds. The van der Waals surface area contributed by atoms with Gasteiger partial charge in [0, 0.05) is 30.4 Å². The van der Waals surface area contributed by atoms with E-state index in [0.29, 0.717) is 6.04 Å². The third kappa shape index (κ3) is 3.10. The fraction of sp³-hybridized carbons (Fsp3) is 0.190. The van der Waals surface area contributed by atoms with Crippen LogP contribution in [-0.4, -0.2) is 38.9 Å². The van der Waals surface area contributed by atoms with E-state index in [9.17, 15) is 0 Å². The lowest BCUT2D eigenvalue weighted by Gasteiger charge is -2.19. The van der Waals surface area contributed by atoms with Crippen molar-refractivity contribution in [2.75, 3.05) is 23.3 Å². The van der Waals surface area contributed by atoms with Gasteiger partial charge >= 0.3 is 0 Å². The van der Waals surface area contributed by atoms with Gasteiger partial charge in [-0.15, -0.1) is 15.3 Å². The highest BCUT2D eigenvalue weighted by Crippen LogP contribution is 2.22. The van der Waals surface area contributed by atoms with Gasteiger partial charge in [-0.3, -0.25) is 0 Å². The fourth-order valence-electron chi connectivity index (χ4n) is 3.59. The summed E-state index contributed by atoms with van der Waals surface area (Å²) in [6, 6.07) is 24.9. The van der Waals surface area contributed by atoms with Crippen molar-refractivity contribution in [3.05, 3.63) is 72.8 Å². The zero-order valence-corrected chi connectivity index (χ0v) is 14.9. The maximum atomic E-state index is 4.73. The van der Waals surface area contributed by atoms with Crippen molar-refractivity contribution in [2.45, 2.75) is 12.5 Å². The van der Waals surface area contributed by atoms with E-state index in [-0.39, 0.29) is 0 Å². The van der Waals surface area contributed by atoms with Crippen molar-refractivity contribution in [3.63, 3.8) is 0 Å². The Bertz CT molecular complexity index is 1040. The van der Waals surface area contributed by atoms with Gasteiger partial charge in [-0.25, -0.2) is 0 Å². The number of fused-ring (bicyclic) bond motifs is 1. The molecule has 1 atom stereocenters. The Morgan fingerprint density at radius 3 is 2.44 bits per heavy atom. The van der Waals surface area contributed by atoms with Gasteiger partial charge in [-0.1, -0.05) is 48.5 Å². The van der Waals surface area contributed by atoms with Crippen molar-refractivity contribution in [3.8, 4) is 11.4 Å². The molecule has 0 bridgehead atoms. The monoisotopic (exact) mass is 356 g/mol. The molecule has 5 rings (SSSR count). The summed E-state index contributed by atoms with van der Waals surface area (Å²) in [4.78, 5) is 2.41. The van der Waals surface area contributed by atoms with E-state index in [1.165, 1.54) is 5.69 Å². The third-order valence-electron chi connectivity index (χ3n) is 4.96. The number of hydrogen-bond donors (Lipinski definition) is 1. The van der Waals surface area contributed by atoms with Crippen molar-refractivity contribution in [2.24, 2.45) is 0 Å². The summed E-state index contributed by atoms with van der Waals surface area (Å²) in [7, 11) is 0.